The van der Waals surface area contributed by atoms with Crippen LogP contribution >= 0.6 is 23.2 Å². The number of hydrogen-bond acceptors (Lipinski definition) is 2. The zero-order chi connectivity index (χ0) is 13.2. The summed E-state index contributed by atoms with van der Waals surface area (Å²) in [5, 5.41) is 5.02. The third-order valence-electron chi connectivity index (χ3n) is 4.40. The average molecular weight is 299 g/mol. The van der Waals surface area contributed by atoms with E-state index in [4.69, 9.17) is 23.2 Å². The molecule has 2 saturated heterocycles. The van der Waals surface area contributed by atoms with Crippen LogP contribution < -0.4 is 5.32 Å². The normalized spacial score (nSPS) is 28.1. The molecule has 2 aliphatic heterocycles. The van der Waals surface area contributed by atoms with Gasteiger partial charge in [0.05, 0.1) is 10.0 Å². The van der Waals surface area contributed by atoms with Gasteiger partial charge in [-0.25, -0.2) is 0 Å². The Labute approximate surface area is 125 Å². The van der Waals surface area contributed by atoms with Gasteiger partial charge < -0.3 is 5.32 Å². The average Bonchev–Trinajstić information content (AvgIpc) is 2.79. The number of likely N-dealkylation sites (tertiary alicyclic amines) is 1. The minimum Gasteiger partial charge on any atom is -0.312 e. The van der Waals surface area contributed by atoms with E-state index in [1.807, 2.05) is 12.1 Å². The van der Waals surface area contributed by atoms with Gasteiger partial charge in [-0.05, 0) is 44.0 Å². The van der Waals surface area contributed by atoms with Crippen molar-refractivity contribution in [2.24, 2.45) is 0 Å². The predicted octanol–water partition coefficient (Wildman–Crippen LogP) is 3.71. The summed E-state index contributed by atoms with van der Waals surface area (Å²) in [7, 11) is 0. The van der Waals surface area contributed by atoms with Crippen LogP contribution in [0, 0.1) is 0 Å². The predicted molar refractivity (Wildman–Crippen MR) is 80.9 cm³/mol. The van der Waals surface area contributed by atoms with Crippen LogP contribution in [-0.4, -0.2) is 30.1 Å². The van der Waals surface area contributed by atoms with Gasteiger partial charge in [0.1, 0.15) is 0 Å². The van der Waals surface area contributed by atoms with Crippen LogP contribution in [0.5, 0.6) is 0 Å². The van der Waals surface area contributed by atoms with E-state index in [0.717, 1.165) is 23.7 Å². The SMILES string of the molecule is Clc1cccc(CN2CCCC[C@H]3NCC[C@H]32)c1Cl. The van der Waals surface area contributed by atoms with Crippen molar-refractivity contribution in [2.75, 3.05) is 13.1 Å². The van der Waals surface area contributed by atoms with Crippen LogP contribution in [0.25, 0.3) is 0 Å². The summed E-state index contributed by atoms with van der Waals surface area (Å²) in [5.74, 6) is 0. The lowest BCUT2D eigenvalue weighted by Gasteiger charge is -2.30. The molecule has 0 aromatic heterocycles. The molecule has 4 heteroatoms. The van der Waals surface area contributed by atoms with E-state index in [9.17, 15) is 0 Å². The zero-order valence-electron chi connectivity index (χ0n) is 11.0. The number of halogens is 2. The lowest BCUT2D eigenvalue weighted by atomic mass is 10.0. The number of fused-ring (bicyclic) bond motifs is 1. The van der Waals surface area contributed by atoms with Gasteiger partial charge in [-0.1, -0.05) is 41.8 Å². The Kier molecular flexibility index (Phi) is 4.33. The number of nitrogens with zero attached hydrogens (tertiary/aromatic N) is 1. The van der Waals surface area contributed by atoms with E-state index < -0.39 is 0 Å². The topological polar surface area (TPSA) is 15.3 Å². The molecule has 0 amide bonds. The maximum Gasteiger partial charge on any atom is 0.0637 e. The molecule has 0 saturated carbocycles. The first-order chi connectivity index (χ1) is 9.25. The van der Waals surface area contributed by atoms with E-state index in [2.05, 4.69) is 16.3 Å². The van der Waals surface area contributed by atoms with E-state index in [0.29, 0.717) is 17.1 Å². The number of benzene rings is 1. The first-order valence-electron chi connectivity index (χ1n) is 7.16. The molecule has 0 bridgehead atoms. The first kappa shape index (κ1) is 13.7. The van der Waals surface area contributed by atoms with Crippen LogP contribution in [0.2, 0.25) is 10.0 Å². The largest absolute Gasteiger partial charge is 0.312 e. The maximum absolute atomic E-state index is 6.32. The molecule has 2 atom stereocenters. The third kappa shape index (κ3) is 2.92. The second kappa shape index (κ2) is 6.01. The lowest BCUT2D eigenvalue weighted by molar-refractivity contribution is 0.186. The van der Waals surface area contributed by atoms with Gasteiger partial charge in [-0.3, -0.25) is 4.90 Å². The minimum atomic E-state index is 0.662. The molecule has 1 aromatic rings. The Hall–Kier alpha value is -0.280. The summed E-state index contributed by atoms with van der Waals surface area (Å²) in [4.78, 5) is 2.59. The quantitative estimate of drug-likeness (QED) is 0.895. The van der Waals surface area contributed by atoms with Crippen LogP contribution in [0.15, 0.2) is 18.2 Å². The summed E-state index contributed by atoms with van der Waals surface area (Å²) in [5.41, 5.74) is 1.15. The zero-order valence-corrected chi connectivity index (χ0v) is 12.6. The monoisotopic (exact) mass is 298 g/mol. The summed E-state index contributed by atoms with van der Waals surface area (Å²) in [6.45, 7) is 3.24. The number of rotatable bonds is 2. The molecule has 2 heterocycles. The van der Waals surface area contributed by atoms with Crippen molar-refractivity contribution in [3.8, 4) is 0 Å². The van der Waals surface area contributed by atoms with E-state index >= 15 is 0 Å². The van der Waals surface area contributed by atoms with E-state index in [-0.39, 0.29) is 0 Å². The molecular formula is C15H20Cl2N2. The van der Waals surface area contributed by atoms with Crippen molar-refractivity contribution in [1.29, 1.82) is 0 Å². The standard InChI is InChI=1S/C15H20Cl2N2/c16-12-5-3-4-11(15(12)17)10-19-9-2-1-6-13-14(19)7-8-18-13/h3-5,13-14,18H,1-2,6-10H2/t13-,14-/m1/s1. The Morgan fingerprint density at radius 2 is 2.11 bits per heavy atom. The molecule has 19 heavy (non-hydrogen) atoms. The van der Waals surface area contributed by atoms with Gasteiger partial charge in [-0.2, -0.15) is 0 Å². The third-order valence-corrected chi connectivity index (χ3v) is 5.25. The van der Waals surface area contributed by atoms with Gasteiger partial charge in [0, 0.05) is 18.6 Å². The Bertz CT molecular complexity index is 450. The Balaban J connectivity index is 1.79. The Morgan fingerprint density at radius 1 is 1.21 bits per heavy atom. The van der Waals surface area contributed by atoms with Gasteiger partial charge >= 0.3 is 0 Å². The maximum atomic E-state index is 6.32. The summed E-state index contributed by atoms with van der Waals surface area (Å²) >= 11 is 12.4. The van der Waals surface area contributed by atoms with Gasteiger partial charge in [0.15, 0.2) is 0 Å². The molecular weight excluding hydrogens is 279 g/mol. The van der Waals surface area contributed by atoms with Crippen LogP contribution in [0.1, 0.15) is 31.2 Å². The second-order valence-corrected chi connectivity index (χ2v) is 6.38. The summed E-state index contributed by atoms with van der Waals surface area (Å²) in [6.07, 6.45) is 5.17. The first-order valence-corrected chi connectivity index (χ1v) is 7.91. The van der Waals surface area contributed by atoms with Crippen molar-refractivity contribution in [2.45, 2.75) is 44.3 Å². The molecule has 2 nitrogen and oxygen atoms in total. The van der Waals surface area contributed by atoms with Crippen molar-refractivity contribution < 1.29 is 0 Å². The summed E-state index contributed by atoms with van der Waals surface area (Å²) in [6, 6.07) is 7.27. The highest BCUT2D eigenvalue weighted by Crippen LogP contribution is 2.30. The van der Waals surface area contributed by atoms with Crippen molar-refractivity contribution in [3.63, 3.8) is 0 Å². The molecule has 0 unspecified atom stereocenters. The highest BCUT2D eigenvalue weighted by atomic mass is 35.5. The molecule has 0 radical (unpaired) electrons. The van der Waals surface area contributed by atoms with Gasteiger partial charge in [0.25, 0.3) is 0 Å². The molecule has 2 fully saturated rings. The fourth-order valence-electron chi connectivity index (χ4n) is 3.42. The second-order valence-electron chi connectivity index (χ2n) is 5.60. The van der Waals surface area contributed by atoms with Gasteiger partial charge in [-0.15, -0.1) is 0 Å². The Morgan fingerprint density at radius 3 is 3.00 bits per heavy atom. The molecule has 1 aromatic carbocycles. The van der Waals surface area contributed by atoms with Crippen molar-refractivity contribution in [3.05, 3.63) is 33.8 Å². The molecule has 3 rings (SSSR count). The molecule has 0 aliphatic carbocycles. The van der Waals surface area contributed by atoms with E-state index in [1.54, 1.807) is 0 Å². The summed E-state index contributed by atoms with van der Waals surface area (Å²) < 4.78 is 0. The van der Waals surface area contributed by atoms with E-state index in [1.165, 1.54) is 32.2 Å². The molecule has 2 aliphatic rings. The van der Waals surface area contributed by atoms with Crippen LogP contribution in [0.4, 0.5) is 0 Å². The van der Waals surface area contributed by atoms with Crippen LogP contribution in [0.3, 0.4) is 0 Å². The lowest BCUT2D eigenvalue weighted by Crippen LogP contribution is -2.42. The number of nitrogens with one attached hydrogen (secondary N) is 1. The molecule has 1 N–H and O–H groups in total. The fourth-order valence-corrected chi connectivity index (χ4v) is 3.80. The molecule has 0 spiro atoms. The van der Waals surface area contributed by atoms with Crippen molar-refractivity contribution >= 4 is 23.2 Å². The highest BCUT2D eigenvalue weighted by Gasteiger charge is 2.33. The van der Waals surface area contributed by atoms with Crippen molar-refractivity contribution in [1.82, 2.24) is 10.2 Å². The van der Waals surface area contributed by atoms with Crippen LogP contribution in [-0.2, 0) is 6.54 Å². The smallest absolute Gasteiger partial charge is 0.0637 e. The fraction of sp³-hybridized carbons (Fsp3) is 0.600. The minimum absolute atomic E-state index is 0.662. The number of hydrogen-bond donors (Lipinski definition) is 1. The highest BCUT2D eigenvalue weighted by molar-refractivity contribution is 6.42. The molecule has 104 valence electrons. The van der Waals surface area contributed by atoms with Gasteiger partial charge in [0.2, 0.25) is 0 Å².